The van der Waals surface area contributed by atoms with Crippen LogP contribution in [0.1, 0.15) is 85.0 Å². The Morgan fingerprint density at radius 3 is 2.17 bits per heavy atom. The van der Waals surface area contributed by atoms with E-state index >= 15 is 0 Å². The molecular weight excluding hydrogens is 220 g/mol. The summed E-state index contributed by atoms with van der Waals surface area (Å²) in [6, 6.07) is 0. The largest absolute Gasteiger partial charge is 0.392 e. The van der Waals surface area contributed by atoms with Crippen molar-refractivity contribution < 1.29 is 5.11 Å². The zero-order valence-corrected chi connectivity index (χ0v) is 12.7. The number of rotatable bonds is 10. The molecule has 0 fully saturated rings. The lowest BCUT2D eigenvalue weighted by molar-refractivity contribution is 0.119. The molecule has 0 bridgehead atoms. The lowest BCUT2D eigenvalue weighted by Gasteiger charge is -2.16. The Hall–Kier alpha value is -0.480. The molecule has 0 aliphatic carbocycles. The van der Waals surface area contributed by atoms with Crippen molar-refractivity contribution in [2.24, 2.45) is 5.92 Å². The Kier molecular flexibility index (Phi) is 12.6. The van der Waals surface area contributed by atoms with Crippen molar-refractivity contribution in [2.75, 3.05) is 0 Å². The zero-order valence-electron chi connectivity index (χ0n) is 12.7. The lowest BCUT2D eigenvalue weighted by Crippen LogP contribution is -2.18. The third-order valence-electron chi connectivity index (χ3n) is 3.45. The third-order valence-corrected chi connectivity index (χ3v) is 3.45. The summed E-state index contributed by atoms with van der Waals surface area (Å²) in [6.07, 6.45) is 11.3. The Morgan fingerprint density at radius 2 is 1.56 bits per heavy atom. The van der Waals surface area contributed by atoms with Crippen molar-refractivity contribution in [1.29, 1.82) is 0 Å². The second-order valence-electron chi connectivity index (χ2n) is 5.21. The molecule has 0 saturated heterocycles. The molecule has 0 aromatic carbocycles. The van der Waals surface area contributed by atoms with Gasteiger partial charge in [0, 0.05) is 12.3 Å². The molecule has 2 atom stereocenters. The molecule has 0 saturated carbocycles. The Bertz CT molecular complexity index is 223. The summed E-state index contributed by atoms with van der Waals surface area (Å²) in [5.74, 6) is 6.72. The van der Waals surface area contributed by atoms with Crippen molar-refractivity contribution in [2.45, 2.75) is 91.1 Å². The van der Waals surface area contributed by atoms with Gasteiger partial charge in [0.1, 0.15) is 0 Å². The fourth-order valence-corrected chi connectivity index (χ4v) is 2.12. The van der Waals surface area contributed by atoms with E-state index in [2.05, 4.69) is 32.6 Å². The number of aliphatic hydroxyl groups is 1. The van der Waals surface area contributed by atoms with Gasteiger partial charge >= 0.3 is 0 Å². The van der Waals surface area contributed by atoms with Crippen LogP contribution in [0.15, 0.2) is 0 Å². The van der Waals surface area contributed by atoms with Gasteiger partial charge in [0.05, 0.1) is 6.10 Å². The molecule has 0 aliphatic heterocycles. The maximum absolute atomic E-state index is 10.1. The Balaban J connectivity index is 3.82. The van der Waals surface area contributed by atoms with Gasteiger partial charge in [-0.1, -0.05) is 65.2 Å². The molecule has 18 heavy (non-hydrogen) atoms. The van der Waals surface area contributed by atoms with Gasteiger partial charge in [0.2, 0.25) is 0 Å². The van der Waals surface area contributed by atoms with Crippen LogP contribution in [0.25, 0.3) is 0 Å². The van der Waals surface area contributed by atoms with E-state index in [0.717, 1.165) is 25.7 Å². The molecule has 1 heteroatoms. The molecule has 106 valence electrons. The van der Waals surface area contributed by atoms with Gasteiger partial charge in [-0.15, -0.1) is 5.92 Å². The topological polar surface area (TPSA) is 20.2 Å². The van der Waals surface area contributed by atoms with E-state index in [1.165, 1.54) is 38.5 Å². The highest BCUT2D eigenvalue weighted by molar-refractivity contribution is 5.05. The molecule has 0 aliphatic rings. The van der Waals surface area contributed by atoms with E-state index < -0.39 is 0 Å². The smallest absolute Gasteiger partial charge is 0.0677 e. The van der Waals surface area contributed by atoms with Crippen LogP contribution in [0.3, 0.4) is 0 Å². The number of hydrogen-bond donors (Lipinski definition) is 1. The van der Waals surface area contributed by atoms with Crippen molar-refractivity contribution in [1.82, 2.24) is 0 Å². The van der Waals surface area contributed by atoms with E-state index in [4.69, 9.17) is 0 Å². The summed E-state index contributed by atoms with van der Waals surface area (Å²) >= 11 is 0. The van der Waals surface area contributed by atoms with E-state index in [1.807, 2.05) is 0 Å². The molecule has 0 radical (unpaired) electrons. The fourth-order valence-electron chi connectivity index (χ4n) is 2.12. The minimum absolute atomic E-state index is 0.188. The van der Waals surface area contributed by atoms with E-state index in [9.17, 15) is 5.11 Å². The van der Waals surface area contributed by atoms with Gasteiger partial charge in [-0.3, -0.25) is 0 Å². The summed E-state index contributed by atoms with van der Waals surface area (Å²) in [5.41, 5.74) is 0. The molecule has 0 aromatic rings. The average molecular weight is 252 g/mol. The molecule has 0 rings (SSSR count). The highest BCUT2D eigenvalue weighted by Crippen LogP contribution is 2.14. The normalized spacial score (nSPS) is 13.8. The first-order valence-electron chi connectivity index (χ1n) is 7.92. The molecule has 2 unspecified atom stereocenters. The van der Waals surface area contributed by atoms with E-state index in [1.54, 1.807) is 0 Å². The molecule has 0 heterocycles. The van der Waals surface area contributed by atoms with Gasteiger partial charge in [-0.25, -0.2) is 0 Å². The fraction of sp³-hybridized carbons (Fsp3) is 0.882. The standard InChI is InChI=1S/C17H32O/c1-4-7-9-10-11-13-14-16(6-3)17(18)15-12-8-5-2/h16-18H,4-12,15H2,1-3H3. The van der Waals surface area contributed by atoms with Crippen LogP contribution in [-0.2, 0) is 0 Å². The van der Waals surface area contributed by atoms with E-state index in [-0.39, 0.29) is 12.0 Å². The maximum Gasteiger partial charge on any atom is 0.0677 e. The predicted octanol–water partition coefficient (Wildman–Crippen LogP) is 4.93. The molecule has 0 amide bonds. The SMILES string of the molecule is CCCCCCC#CC(CC)C(O)CCCCC. The quantitative estimate of drug-likeness (QED) is 0.432. The second-order valence-corrected chi connectivity index (χ2v) is 5.21. The number of aliphatic hydroxyl groups excluding tert-OH is 1. The van der Waals surface area contributed by atoms with E-state index in [0.29, 0.717) is 0 Å². The molecular formula is C17H32O. The van der Waals surface area contributed by atoms with Gasteiger partial charge in [0.25, 0.3) is 0 Å². The van der Waals surface area contributed by atoms with Crippen molar-refractivity contribution in [3.8, 4) is 11.8 Å². The monoisotopic (exact) mass is 252 g/mol. The molecule has 0 spiro atoms. The van der Waals surface area contributed by atoms with Crippen LogP contribution < -0.4 is 0 Å². The predicted molar refractivity (Wildman–Crippen MR) is 80.5 cm³/mol. The maximum atomic E-state index is 10.1. The first kappa shape index (κ1) is 17.5. The highest BCUT2D eigenvalue weighted by Gasteiger charge is 2.13. The van der Waals surface area contributed by atoms with Crippen molar-refractivity contribution in [3.63, 3.8) is 0 Å². The number of unbranched alkanes of at least 4 members (excludes halogenated alkanes) is 6. The summed E-state index contributed by atoms with van der Waals surface area (Å²) in [5, 5.41) is 10.1. The third kappa shape index (κ3) is 9.54. The van der Waals surface area contributed by atoms with Crippen LogP contribution >= 0.6 is 0 Å². The van der Waals surface area contributed by atoms with Gasteiger partial charge in [-0.2, -0.15) is 0 Å². The number of hydrogen-bond acceptors (Lipinski definition) is 1. The van der Waals surface area contributed by atoms with Crippen LogP contribution in [0.5, 0.6) is 0 Å². The highest BCUT2D eigenvalue weighted by atomic mass is 16.3. The minimum Gasteiger partial charge on any atom is -0.392 e. The van der Waals surface area contributed by atoms with Gasteiger partial charge < -0.3 is 5.11 Å². The summed E-state index contributed by atoms with van der Waals surface area (Å²) < 4.78 is 0. The van der Waals surface area contributed by atoms with Crippen molar-refractivity contribution >= 4 is 0 Å². The van der Waals surface area contributed by atoms with Crippen LogP contribution in [0.2, 0.25) is 0 Å². The minimum atomic E-state index is -0.218. The summed E-state index contributed by atoms with van der Waals surface area (Å²) in [6.45, 7) is 6.55. The Morgan fingerprint density at radius 1 is 0.889 bits per heavy atom. The van der Waals surface area contributed by atoms with Crippen molar-refractivity contribution in [3.05, 3.63) is 0 Å². The van der Waals surface area contributed by atoms with Crippen LogP contribution in [0.4, 0.5) is 0 Å². The Labute approximate surface area is 114 Å². The average Bonchev–Trinajstić information content (AvgIpc) is 2.38. The first-order chi connectivity index (χ1) is 8.76. The lowest BCUT2D eigenvalue weighted by atomic mass is 9.95. The van der Waals surface area contributed by atoms with Gasteiger partial charge in [0.15, 0.2) is 0 Å². The second kappa shape index (κ2) is 13.0. The first-order valence-corrected chi connectivity index (χ1v) is 7.92. The molecule has 0 aromatic heterocycles. The van der Waals surface area contributed by atoms with Crippen LogP contribution in [-0.4, -0.2) is 11.2 Å². The molecule has 1 N–H and O–H groups in total. The molecule has 1 nitrogen and oxygen atoms in total. The van der Waals surface area contributed by atoms with Gasteiger partial charge in [-0.05, 0) is 19.3 Å². The summed E-state index contributed by atoms with van der Waals surface area (Å²) in [4.78, 5) is 0. The van der Waals surface area contributed by atoms with Crippen LogP contribution in [0, 0.1) is 17.8 Å². The zero-order chi connectivity index (χ0) is 13.6. The summed E-state index contributed by atoms with van der Waals surface area (Å²) in [7, 11) is 0.